The predicted octanol–water partition coefficient (Wildman–Crippen LogP) is 4.57. The quantitative estimate of drug-likeness (QED) is 0.337. The van der Waals surface area contributed by atoms with Gasteiger partial charge in [0.1, 0.15) is 18.1 Å². The molecule has 46 heavy (non-hydrogen) atoms. The standard InChI is InChI=1S/C35H35F2N5O4/c1-33(2,3)19-27(30(44)42-21-34(18-24(42)20-38)25-16-10-11-17-26(25)40-31(34)45)39-29(43)28(22-12-6-4-7-13-22)41-32(46)35(36,37)23-14-8-5-9-15-23/h4-17,24,27-28H,18-19,21H2,1-3H3,(H,39,43)(H,40,45)(H,41,46)/t24-,27-,28-,34-/m0/s1. The van der Waals surface area contributed by atoms with E-state index in [1.165, 1.54) is 29.2 Å². The van der Waals surface area contributed by atoms with Gasteiger partial charge in [-0.2, -0.15) is 14.0 Å². The molecule has 0 saturated carbocycles. The van der Waals surface area contributed by atoms with E-state index in [9.17, 15) is 24.4 Å². The molecule has 1 saturated heterocycles. The van der Waals surface area contributed by atoms with Crippen molar-refractivity contribution < 1.29 is 28.0 Å². The van der Waals surface area contributed by atoms with E-state index in [1.807, 2.05) is 20.8 Å². The summed E-state index contributed by atoms with van der Waals surface area (Å²) in [5.74, 6) is -7.41. The molecule has 0 bridgehead atoms. The van der Waals surface area contributed by atoms with Gasteiger partial charge in [-0.1, -0.05) is 99.6 Å². The van der Waals surface area contributed by atoms with Gasteiger partial charge in [0.25, 0.3) is 5.91 Å². The molecular formula is C35H35F2N5O4. The summed E-state index contributed by atoms with van der Waals surface area (Å²) in [4.78, 5) is 55.7. The fourth-order valence-corrected chi connectivity index (χ4v) is 6.20. The lowest BCUT2D eigenvalue weighted by Crippen LogP contribution is -2.54. The number of nitriles is 1. The highest BCUT2D eigenvalue weighted by molar-refractivity contribution is 6.07. The number of nitrogens with one attached hydrogen (secondary N) is 3. The van der Waals surface area contributed by atoms with Crippen LogP contribution >= 0.6 is 0 Å². The van der Waals surface area contributed by atoms with Crippen molar-refractivity contribution >= 4 is 29.3 Å². The zero-order valence-electron chi connectivity index (χ0n) is 25.7. The van der Waals surface area contributed by atoms with E-state index in [-0.39, 0.29) is 30.9 Å². The van der Waals surface area contributed by atoms with Crippen molar-refractivity contribution in [2.24, 2.45) is 5.41 Å². The van der Waals surface area contributed by atoms with Gasteiger partial charge in [0.2, 0.25) is 17.7 Å². The van der Waals surface area contributed by atoms with Crippen molar-refractivity contribution in [3.05, 3.63) is 102 Å². The van der Waals surface area contributed by atoms with E-state index in [0.717, 1.165) is 12.1 Å². The first-order chi connectivity index (χ1) is 21.8. The van der Waals surface area contributed by atoms with E-state index < -0.39 is 58.2 Å². The van der Waals surface area contributed by atoms with Crippen LogP contribution in [0, 0.1) is 16.7 Å². The van der Waals surface area contributed by atoms with Crippen LogP contribution in [0.3, 0.4) is 0 Å². The third-order valence-electron chi connectivity index (χ3n) is 8.44. The van der Waals surface area contributed by atoms with Gasteiger partial charge in [0, 0.05) is 24.2 Å². The summed E-state index contributed by atoms with van der Waals surface area (Å²) in [5, 5.41) is 17.8. The molecule has 0 radical (unpaired) electrons. The number of halogens is 2. The van der Waals surface area contributed by atoms with Gasteiger partial charge in [0.15, 0.2) is 0 Å². The number of nitrogens with zero attached hydrogens (tertiary/aromatic N) is 2. The number of amides is 4. The molecule has 2 aliphatic heterocycles. The highest BCUT2D eigenvalue weighted by atomic mass is 19.3. The summed E-state index contributed by atoms with van der Waals surface area (Å²) in [7, 11) is 0. The highest BCUT2D eigenvalue weighted by Gasteiger charge is 2.56. The van der Waals surface area contributed by atoms with E-state index in [4.69, 9.17) is 0 Å². The fourth-order valence-electron chi connectivity index (χ4n) is 6.20. The zero-order valence-corrected chi connectivity index (χ0v) is 25.7. The summed E-state index contributed by atoms with van der Waals surface area (Å²) in [6, 6.07) is 20.0. The lowest BCUT2D eigenvalue weighted by Gasteiger charge is -2.32. The normalized spacial score (nSPS) is 20.3. The van der Waals surface area contributed by atoms with Crippen molar-refractivity contribution in [2.45, 2.75) is 63.1 Å². The molecule has 4 atom stereocenters. The topological polar surface area (TPSA) is 131 Å². The molecule has 5 rings (SSSR count). The van der Waals surface area contributed by atoms with Crippen molar-refractivity contribution in [1.82, 2.24) is 15.5 Å². The summed E-state index contributed by atoms with van der Waals surface area (Å²) in [6.45, 7) is 5.52. The molecule has 3 aromatic rings. The minimum Gasteiger partial charge on any atom is -0.342 e. The number of hydrogen-bond acceptors (Lipinski definition) is 5. The molecule has 3 aromatic carbocycles. The van der Waals surface area contributed by atoms with Gasteiger partial charge in [-0.05, 0) is 29.0 Å². The first-order valence-corrected chi connectivity index (χ1v) is 15.0. The van der Waals surface area contributed by atoms with Crippen LogP contribution in [-0.2, 0) is 30.5 Å². The van der Waals surface area contributed by atoms with Crippen LogP contribution in [0.15, 0.2) is 84.9 Å². The number of carbonyl (C=O) groups is 4. The molecule has 238 valence electrons. The molecule has 11 heteroatoms. The van der Waals surface area contributed by atoms with E-state index in [1.54, 1.807) is 48.5 Å². The van der Waals surface area contributed by atoms with Crippen molar-refractivity contribution in [2.75, 3.05) is 11.9 Å². The second kappa shape index (κ2) is 12.4. The van der Waals surface area contributed by atoms with Crippen LogP contribution in [0.5, 0.6) is 0 Å². The van der Waals surface area contributed by atoms with Crippen LogP contribution in [0.1, 0.15) is 56.3 Å². The van der Waals surface area contributed by atoms with Crippen LogP contribution in [0.25, 0.3) is 0 Å². The Morgan fingerprint density at radius 1 is 0.978 bits per heavy atom. The van der Waals surface area contributed by atoms with Crippen molar-refractivity contribution in [3.8, 4) is 6.07 Å². The Labute approximate surface area is 266 Å². The summed E-state index contributed by atoms with van der Waals surface area (Å²) < 4.78 is 30.4. The summed E-state index contributed by atoms with van der Waals surface area (Å²) in [5.41, 5.74) is -0.634. The molecule has 4 amide bonds. The molecule has 1 fully saturated rings. The molecule has 0 aromatic heterocycles. The zero-order chi connectivity index (χ0) is 33.3. The number of rotatable bonds is 8. The average Bonchev–Trinajstić information content (AvgIpc) is 3.56. The number of hydrogen-bond donors (Lipinski definition) is 3. The monoisotopic (exact) mass is 627 g/mol. The fraction of sp³-hybridized carbons (Fsp3) is 0.343. The molecule has 3 N–H and O–H groups in total. The molecule has 1 spiro atoms. The Morgan fingerprint density at radius 2 is 1.59 bits per heavy atom. The van der Waals surface area contributed by atoms with Gasteiger partial charge in [-0.3, -0.25) is 19.2 Å². The van der Waals surface area contributed by atoms with Gasteiger partial charge in [-0.25, -0.2) is 0 Å². The van der Waals surface area contributed by atoms with E-state index >= 15 is 8.78 Å². The SMILES string of the molecule is CC(C)(C)C[C@H](NC(=O)[C@@H](NC(=O)C(F)(F)c1ccccc1)c1ccccc1)C(=O)N1C[C@]2(C[C@H]1C#N)C(=O)Nc1ccccc12. The number of para-hydroxylation sites is 1. The smallest absolute Gasteiger partial charge is 0.342 e. The molecule has 2 heterocycles. The molecule has 2 aliphatic rings. The maximum Gasteiger partial charge on any atom is 0.349 e. The third-order valence-corrected chi connectivity index (χ3v) is 8.44. The van der Waals surface area contributed by atoms with E-state index in [0.29, 0.717) is 11.3 Å². The Bertz CT molecular complexity index is 1690. The minimum absolute atomic E-state index is 0.0749. The maximum atomic E-state index is 15.2. The number of benzene rings is 3. The predicted molar refractivity (Wildman–Crippen MR) is 166 cm³/mol. The Hall–Kier alpha value is -5.11. The second-order valence-corrected chi connectivity index (χ2v) is 13.0. The first-order valence-electron chi connectivity index (χ1n) is 15.0. The Morgan fingerprint density at radius 3 is 2.22 bits per heavy atom. The minimum atomic E-state index is -3.95. The molecule has 0 aliphatic carbocycles. The van der Waals surface area contributed by atoms with Gasteiger partial charge in [-0.15, -0.1) is 0 Å². The largest absolute Gasteiger partial charge is 0.349 e. The van der Waals surface area contributed by atoms with E-state index in [2.05, 4.69) is 22.0 Å². The van der Waals surface area contributed by atoms with Crippen LogP contribution in [-0.4, -0.2) is 47.2 Å². The lowest BCUT2D eigenvalue weighted by molar-refractivity contribution is -0.149. The Kier molecular flexibility index (Phi) is 8.67. The molecular weight excluding hydrogens is 592 g/mol. The molecule has 0 unspecified atom stereocenters. The number of fused-ring (bicyclic) bond motifs is 2. The van der Waals surface area contributed by atoms with Gasteiger partial charge < -0.3 is 20.9 Å². The number of anilines is 1. The molecule has 9 nitrogen and oxygen atoms in total. The van der Waals surface area contributed by atoms with Crippen LogP contribution < -0.4 is 16.0 Å². The Balaban J connectivity index is 1.44. The van der Waals surface area contributed by atoms with Gasteiger partial charge in [0.05, 0.1) is 11.5 Å². The highest BCUT2D eigenvalue weighted by Crippen LogP contribution is 2.46. The average molecular weight is 628 g/mol. The second-order valence-electron chi connectivity index (χ2n) is 13.0. The van der Waals surface area contributed by atoms with Crippen molar-refractivity contribution in [3.63, 3.8) is 0 Å². The van der Waals surface area contributed by atoms with Gasteiger partial charge >= 0.3 is 5.92 Å². The summed E-state index contributed by atoms with van der Waals surface area (Å²) >= 11 is 0. The van der Waals surface area contributed by atoms with Crippen LogP contribution in [0.4, 0.5) is 14.5 Å². The number of alkyl halides is 2. The lowest BCUT2D eigenvalue weighted by atomic mass is 9.80. The first kappa shape index (κ1) is 32.3. The van der Waals surface area contributed by atoms with Crippen LogP contribution in [0.2, 0.25) is 0 Å². The summed E-state index contributed by atoms with van der Waals surface area (Å²) in [6.07, 6.45) is 0.198. The third kappa shape index (κ3) is 6.20. The van der Waals surface area contributed by atoms with Crippen molar-refractivity contribution in [1.29, 1.82) is 5.26 Å². The number of carbonyl (C=O) groups excluding carboxylic acids is 4. The maximum absolute atomic E-state index is 15.2. The number of likely N-dealkylation sites (tertiary alicyclic amines) is 1.